The predicted octanol–water partition coefficient (Wildman–Crippen LogP) is 2.56. The summed E-state index contributed by atoms with van der Waals surface area (Å²) in [7, 11) is 4.38. The Morgan fingerprint density at radius 3 is 2.71 bits per heavy atom. The van der Waals surface area contributed by atoms with Crippen molar-refractivity contribution in [1.82, 2.24) is 19.8 Å². The van der Waals surface area contributed by atoms with E-state index in [4.69, 9.17) is 4.98 Å². The van der Waals surface area contributed by atoms with E-state index in [0.29, 0.717) is 6.04 Å². The van der Waals surface area contributed by atoms with Crippen LogP contribution in [0.2, 0.25) is 0 Å². The Hall–Kier alpha value is -0.870. The maximum Gasteiger partial charge on any atom is 0.112 e. The highest BCUT2D eigenvalue weighted by Gasteiger charge is 2.34. The van der Waals surface area contributed by atoms with Crippen LogP contribution in [0.4, 0.5) is 0 Å². The second-order valence-electron chi connectivity index (χ2n) is 7.48. The molecule has 1 aromatic heterocycles. The molecule has 0 spiro atoms. The zero-order valence-electron chi connectivity index (χ0n) is 14.0. The minimum atomic E-state index is 0.574. The summed E-state index contributed by atoms with van der Waals surface area (Å²) in [5, 5.41) is 3.48. The first-order chi connectivity index (χ1) is 10.1. The fourth-order valence-corrected chi connectivity index (χ4v) is 3.62. The maximum atomic E-state index is 5.03. The van der Waals surface area contributed by atoms with Gasteiger partial charge in [0.15, 0.2) is 0 Å². The Morgan fingerprint density at radius 1 is 1.33 bits per heavy atom. The molecule has 1 aromatic rings. The molecule has 2 heterocycles. The van der Waals surface area contributed by atoms with Gasteiger partial charge in [0.05, 0.1) is 5.69 Å². The molecule has 1 saturated carbocycles. The SMILES string of the molecule is CC(C)CC(CN(C)C)n1c(C2CC2)nc2c1CCNC2. The topological polar surface area (TPSA) is 33.1 Å². The molecule has 1 aliphatic carbocycles. The van der Waals surface area contributed by atoms with Crippen molar-refractivity contribution in [3.8, 4) is 0 Å². The highest BCUT2D eigenvalue weighted by atomic mass is 15.2. The third kappa shape index (κ3) is 3.32. The summed E-state index contributed by atoms with van der Waals surface area (Å²) in [6.45, 7) is 7.85. The summed E-state index contributed by atoms with van der Waals surface area (Å²) in [5.41, 5.74) is 2.83. The Bertz CT molecular complexity index is 475. The monoisotopic (exact) mass is 290 g/mol. The molecule has 1 aliphatic heterocycles. The van der Waals surface area contributed by atoms with Crippen LogP contribution < -0.4 is 5.32 Å². The first kappa shape index (κ1) is 15.0. The largest absolute Gasteiger partial charge is 0.327 e. The van der Waals surface area contributed by atoms with Crippen molar-refractivity contribution in [2.75, 3.05) is 27.2 Å². The molecule has 2 aliphatic rings. The van der Waals surface area contributed by atoms with Crippen molar-refractivity contribution >= 4 is 0 Å². The van der Waals surface area contributed by atoms with Gasteiger partial charge in [-0.2, -0.15) is 0 Å². The standard InChI is InChI=1S/C17H30N4/c1-12(2)9-14(11-20(3)4)21-16-7-8-18-10-15(16)19-17(21)13-5-6-13/h12-14,18H,5-11H2,1-4H3. The Kier molecular flexibility index (Phi) is 4.36. The molecule has 0 amide bonds. The van der Waals surface area contributed by atoms with Gasteiger partial charge in [0, 0.05) is 43.7 Å². The zero-order chi connectivity index (χ0) is 15.0. The van der Waals surface area contributed by atoms with E-state index in [1.807, 2.05) is 0 Å². The molecule has 118 valence electrons. The van der Waals surface area contributed by atoms with Gasteiger partial charge in [-0.1, -0.05) is 13.8 Å². The maximum absolute atomic E-state index is 5.03. The minimum absolute atomic E-state index is 0.574. The molecule has 1 N–H and O–H groups in total. The lowest BCUT2D eigenvalue weighted by Crippen LogP contribution is -2.30. The van der Waals surface area contributed by atoms with Gasteiger partial charge in [0.2, 0.25) is 0 Å². The molecular formula is C17H30N4. The molecule has 0 radical (unpaired) electrons. The van der Waals surface area contributed by atoms with Crippen LogP contribution in [-0.4, -0.2) is 41.6 Å². The van der Waals surface area contributed by atoms with Gasteiger partial charge in [0.25, 0.3) is 0 Å². The summed E-state index contributed by atoms with van der Waals surface area (Å²) in [6, 6.07) is 0.574. The van der Waals surface area contributed by atoms with Crippen LogP contribution in [0.3, 0.4) is 0 Å². The second kappa shape index (κ2) is 6.09. The smallest absolute Gasteiger partial charge is 0.112 e. The van der Waals surface area contributed by atoms with Crippen LogP contribution in [0.1, 0.15) is 62.3 Å². The van der Waals surface area contributed by atoms with Crippen molar-refractivity contribution in [1.29, 1.82) is 0 Å². The van der Waals surface area contributed by atoms with Crippen LogP contribution in [0, 0.1) is 5.92 Å². The molecule has 0 saturated heterocycles. The van der Waals surface area contributed by atoms with E-state index in [2.05, 4.69) is 42.7 Å². The van der Waals surface area contributed by atoms with Crippen LogP contribution in [0.5, 0.6) is 0 Å². The predicted molar refractivity (Wildman–Crippen MR) is 86.7 cm³/mol. The lowest BCUT2D eigenvalue weighted by molar-refractivity contribution is 0.279. The molecule has 4 heteroatoms. The molecule has 1 fully saturated rings. The van der Waals surface area contributed by atoms with Gasteiger partial charge in [-0.15, -0.1) is 0 Å². The molecule has 3 rings (SSSR count). The van der Waals surface area contributed by atoms with Crippen molar-refractivity contribution in [3.63, 3.8) is 0 Å². The molecule has 0 bridgehead atoms. The van der Waals surface area contributed by atoms with Crippen molar-refractivity contribution < 1.29 is 0 Å². The van der Waals surface area contributed by atoms with Gasteiger partial charge < -0.3 is 14.8 Å². The Morgan fingerprint density at radius 2 is 2.10 bits per heavy atom. The molecule has 0 aromatic carbocycles. The van der Waals surface area contributed by atoms with Gasteiger partial charge in [0.1, 0.15) is 5.82 Å². The number of likely N-dealkylation sites (N-methyl/N-ethyl adjacent to an activating group) is 1. The lowest BCUT2D eigenvalue weighted by Gasteiger charge is -2.28. The third-order valence-electron chi connectivity index (χ3n) is 4.58. The number of rotatable bonds is 6. The third-order valence-corrected chi connectivity index (χ3v) is 4.58. The van der Waals surface area contributed by atoms with Crippen LogP contribution in [0.15, 0.2) is 0 Å². The summed E-state index contributed by atoms with van der Waals surface area (Å²) in [4.78, 5) is 7.36. The molecule has 1 unspecified atom stereocenters. The Labute approximate surface area is 128 Å². The summed E-state index contributed by atoms with van der Waals surface area (Å²) >= 11 is 0. The van der Waals surface area contributed by atoms with Crippen LogP contribution >= 0.6 is 0 Å². The fourth-order valence-electron chi connectivity index (χ4n) is 3.62. The van der Waals surface area contributed by atoms with E-state index >= 15 is 0 Å². The van der Waals surface area contributed by atoms with E-state index in [1.165, 1.54) is 36.5 Å². The van der Waals surface area contributed by atoms with Crippen molar-refractivity contribution in [2.45, 2.75) is 58.0 Å². The van der Waals surface area contributed by atoms with E-state index in [0.717, 1.165) is 37.9 Å². The van der Waals surface area contributed by atoms with Crippen LogP contribution in [0.25, 0.3) is 0 Å². The van der Waals surface area contributed by atoms with Crippen molar-refractivity contribution in [2.24, 2.45) is 5.92 Å². The Balaban J connectivity index is 1.97. The first-order valence-electron chi connectivity index (χ1n) is 8.51. The first-order valence-corrected chi connectivity index (χ1v) is 8.51. The number of imidazole rings is 1. The number of hydrogen-bond acceptors (Lipinski definition) is 3. The van der Waals surface area contributed by atoms with Crippen molar-refractivity contribution in [3.05, 3.63) is 17.2 Å². The minimum Gasteiger partial charge on any atom is -0.327 e. The van der Waals surface area contributed by atoms with E-state index < -0.39 is 0 Å². The van der Waals surface area contributed by atoms with Gasteiger partial charge in [-0.05, 0) is 39.3 Å². The average Bonchev–Trinajstić information content (AvgIpc) is 3.17. The molecule has 1 atom stereocenters. The number of nitrogens with zero attached hydrogens (tertiary/aromatic N) is 3. The normalized spacial score (nSPS) is 20.1. The van der Waals surface area contributed by atoms with E-state index in [1.54, 1.807) is 0 Å². The lowest BCUT2D eigenvalue weighted by atomic mass is 10.0. The highest BCUT2D eigenvalue weighted by molar-refractivity contribution is 5.25. The van der Waals surface area contributed by atoms with E-state index in [-0.39, 0.29) is 0 Å². The zero-order valence-corrected chi connectivity index (χ0v) is 14.0. The number of aromatic nitrogens is 2. The van der Waals surface area contributed by atoms with Gasteiger partial charge in [-0.3, -0.25) is 0 Å². The summed E-state index contributed by atoms with van der Waals surface area (Å²) in [6.07, 6.45) is 5.05. The molecule has 4 nitrogen and oxygen atoms in total. The summed E-state index contributed by atoms with van der Waals surface area (Å²) < 4.78 is 2.65. The van der Waals surface area contributed by atoms with Crippen LogP contribution in [-0.2, 0) is 13.0 Å². The van der Waals surface area contributed by atoms with Gasteiger partial charge in [-0.25, -0.2) is 4.98 Å². The summed E-state index contributed by atoms with van der Waals surface area (Å²) in [5.74, 6) is 2.84. The van der Waals surface area contributed by atoms with Gasteiger partial charge >= 0.3 is 0 Å². The molecular weight excluding hydrogens is 260 g/mol. The fraction of sp³-hybridized carbons (Fsp3) is 0.824. The number of fused-ring (bicyclic) bond motifs is 1. The second-order valence-corrected chi connectivity index (χ2v) is 7.48. The average molecular weight is 290 g/mol. The highest BCUT2D eigenvalue weighted by Crippen LogP contribution is 2.42. The molecule has 21 heavy (non-hydrogen) atoms. The van der Waals surface area contributed by atoms with E-state index in [9.17, 15) is 0 Å². The number of hydrogen-bond donors (Lipinski definition) is 1. The quantitative estimate of drug-likeness (QED) is 0.874. The number of nitrogens with one attached hydrogen (secondary N) is 1.